The average molecular weight is 339 g/mol. The fourth-order valence-corrected chi connectivity index (χ4v) is 3.92. The van der Waals surface area contributed by atoms with Gasteiger partial charge in [-0.05, 0) is 43.5 Å². The molecule has 1 aromatic carbocycles. The average Bonchev–Trinajstić information content (AvgIpc) is 2.25. The van der Waals surface area contributed by atoms with Gasteiger partial charge in [0.2, 0.25) is 9.05 Å². The van der Waals surface area contributed by atoms with E-state index in [0.717, 1.165) is 29.7 Å². The van der Waals surface area contributed by atoms with Crippen molar-refractivity contribution in [1.29, 1.82) is 0 Å². The van der Waals surface area contributed by atoms with Crippen molar-refractivity contribution >= 4 is 31.3 Å². The van der Waals surface area contributed by atoms with Crippen LogP contribution < -0.4 is 4.74 Å². The molecule has 20 heavy (non-hydrogen) atoms. The molecule has 0 aliphatic rings. The van der Waals surface area contributed by atoms with Crippen LogP contribution in [0.3, 0.4) is 0 Å². The van der Waals surface area contributed by atoms with Gasteiger partial charge in [0.05, 0.1) is 12.4 Å². The lowest BCUT2D eigenvalue weighted by atomic mass is 10.1. The third-order valence-corrected chi connectivity index (χ3v) is 4.49. The van der Waals surface area contributed by atoms with Gasteiger partial charge in [-0.15, -0.1) is 0 Å². The van der Waals surface area contributed by atoms with Crippen molar-refractivity contribution in [2.45, 2.75) is 33.6 Å². The molecular weight excluding hydrogens is 319 g/mol. The maximum Gasteiger partial charge on any atom is 0.232 e. The first-order valence-corrected chi connectivity index (χ1v) is 9.40. The van der Waals surface area contributed by atoms with Crippen molar-refractivity contribution in [3.05, 3.63) is 28.3 Å². The van der Waals surface area contributed by atoms with Crippen LogP contribution in [0.1, 0.15) is 30.9 Å². The molecule has 0 bridgehead atoms. The number of halogens is 2. The fourth-order valence-electron chi connectivity index (χ4n) is 2.23. The van der Waals surface area contributed by atoms with E-state index >= 15 is 0 Å². The zero-order valence-corrected chi connectivity index (χ0v) is 14.3. The van der Waals surface area contributed by atoms with E-state index in [1.54, 1.807) is 0 Å². The van der Waals surface area contributed by atoms with Gasteiger partial charge in [-0.2, -0.15) is 0 Å². The smallest absolute Gasteiger partial charge is 0.232 e. The highest BCUT2D eigenvalue weighted by atomic mass is 35.7. The third kappa shape index (κ3) is 5.90. The lowest BCUT2D eigenvalue weighted by molar-refractivity contribution is 0.250. The molecule has 3 nitrogen and oxygen atoms in total. The second-order valence-electron chi connectivity index (χ2n) is 5.04. The molecule has 114 valence electrons. The van der Waals surface area contributed by atoms with Gasteiger partial charge in [0.1, 0.15) is 5.75 Å². The Labute approximate surface area is 130 Å². The van der Waals surface area contributed by atoms with Gasteiger partial charge in [-0.1, -0.05) is 24.9 Å². The molecule has 1 rings (SSSR count). The maximum absolute atomic E-state index is 11.2. The van der Waals surface area contributed by atoms with Crippen LogP contribution >= 0.6 is 22.3 Å². The number of hydrogen-bond donors (Lipinski definition) is 0. The lowest BCUT2D eigenvalue weighted by Gasteiger charge is -2.18. The van der Waals surface area contributed by atoms with Gasteiger partial charge in [0.15, 0.2) is 0 Å². The number of rotatable bonds is 7. The topological polar surface area (TPSA) is 43.4 Å². The van der Waals surface area contributed by atoms with Gasteiger partial charge >= 0.3 is 0 Å². The Balaban J connectivity index is 2.77. The molecule has 0 saturated heterocycles. The second-order valence-corrected chi connectivity index (χ2v) is 8.30. The summed E-state index contributed by atoms with van der Waals surface area (Å²) in [6.07, 6.45) is 1.65. The van der Waals surface area contributed by atoms with Crippen molar-refractivity contribution < 1.29 is 13.2 Å². The number of aryl methyl sites for hydroxylation is 2. The molecule has 0 aromatic heterocycles. The van der Waals surface area contributed by atoms with Gasteiger partial charge < -0.3 is 4.74 Å². The molecule has 0 N–H and O–H groups in total. The molecule has 0 heterocycles. The summed E-state index contributed by atoms with van der Waals surface area (Å²) in [5.74, 6) is 0.605. The highest BCUT2D eigenvalue weighted by molar-refractivity contribution is 8.13. The molecule has 0 amide bonds. The predicted molar refractivity (Wildman–Crippen MR) is 84.5 cm³/mol. The van der Waals surface area contributed by atoms with Crippen LogP contribution in [0.2, 0.25) is 5.02 Å². The quantitative estimate of drug-likeness (QED) is 0.695. The minimum Gasteiger partial charge on any atom is -0.493 e. The summed E-state index contributed by atoms with van der Waals surface area (Å²) in [6, 6.07) is 3.66. The summed E-state index contributed by atoms with van der Waals surface area (Å²) < 4.78 is 28.2. The molecule has 6 heteroatoms. The molecule has 1 aromatic rings. The lowest BCUT2D eigenvalue weighted by Crippen LogP contribution is -2.20. The van der Waals surface area contributed by atoms with E-state index in [4.69, 9.17) is 27.0 Å². The molecule has 0 saturated carbocycles. The molecule has 0 radical (unpaired) electrons. The summed E-state index contributed by atoms with van der Waals surface area (Å²) in [7, 11) is 1.82. The molecule has 0 fully saturated rings. The van der Waals surface area contributed by atoms with Crippen LogP contribution in [0.15, 0.2) is 12.1 Å². The number of benzene rings is 1. The Bertz CT molecular complexity index is 533. The van der Waals surface area contributed by atoms with Gasteiger partial charge in [0.25, 0.3) is 0 Å². The van der Waals surface area contributed by atoms with Gasteiger partial charge in [-0.3, -0.25) is 0 Å². The molecule has 1 atom stereocenters. The molecule has 0 spiro atoms. The van der Waals surface area contributed by atoms with Crippen molar-refractivity contribution in [1.82, 2.24) is 0 Å². The maximum atomic E-state index is 11.2. The zero-order valence-electron chi connectivity index (χ0n) is 11.9. The van der Waals surface area contributed by atoms with E-state index < -0.39 is 9.05 Å². The first kappa shape index (κ1) is 17.6. The van der Waals surface area contributed by atoms with E-state index in [-0.39, 0.29) is 11.7 Å². The Morgan fingerprint density at radius 2 is 1.80 bits per heavy atom. The molecule has 1 unspecified atom stereocenters. The van der Waals surface area contributed by atoms with Crippen LogP contribution in [-0.2, 0) is 9.05 Å². The van der Waals surface area contributed by atoms with Crippen molar-refractivity contribution in [2.24, 2.45) is 5.92 Å². The normalized spacial score (nSPS) is 13.2. The third-order valence-electron chi connectivity index (χ3n) is 3.02. The fraction of sp³-hybridized carbons (Fsp3) is 0.571. The van der Waals surface area contributed by atoms with Crippen LogP contribution in [0.25, 0.3) is 0 Å². The summed E-state index contributed by atoms with van der Waals surface area (Å²) in [6.45, 7) is 6.18. The molecular formula is C14H20Cl2O3S. The zero-order chi connectivity index (χ0) is 15.3. The minimum atomic E-state index is -3.51. The minimum absolute atomic E-state index is 0.0614. The van der Waals surface area contributed by atoms with Gasteiger partial charge in [-0.25, -0.2) is 8.42 Å². The predicted octanol–water partition coefficient (Wildman–Crippen LogP) is 4.32. The monoisotopic (exact) mass is 338 g/mol. The van der Waals surface area contributed by atoms with Crippen molar-refractivity contribution in [3.63, 3.8) is 0 Å². The van der Waals surface area contributed by atoms with E-state index in [2.05, 4.69) is 0 Å². The Hall–Kier alpha value is -0.450. The highest BCUT2D eigenvalue weighted by Gasteiger charge is 2.18. The van der Waals surface area contributed by atoms with Crippen LogP contribution in [0.4, 0.5) is 0 Å². The highest BCUT2D eigenvalue weighted by Crippen LogP contribution is 2.28. The first-order valence-electron chi connectivity index (χ1n) is 6.54. The molecule has 0 aliphatic carbocycles. The summed E-state index contributed by atoms with van der Waals surface area (Å²) >= 11 is 5.97. The summed E-state index contributed by atoms with van der Waals surface area (Å²) in [4.78, 5) is 0. The van der Waals surface area contributed by atoms with Crippen molar-refractivity contribution in [2.75, 3.05) is 12.4 Å². The van der Waals surface area contributed by atoms with Crippen LogP contribution in [0, 0.1) is 19.8 Å². The van der Waals surface area contributed by atoms with E-state index in [1.807, 2.05) is 32.9 Å². The van der Waals surface area contributed by atoms with Gasteiger partial charge in [0, 0.05) is 21.6 Å². The number of hydrogen-bond acceptors (Lipinski definition) is 3. The largest absolute Gasteiger partial charge is 0.493 e. The van der Waals surface area contributed by atoms with Crippen LogP contribution in [-0.4, -0.2) is 20.8 Å². The van der Waals surface area contributed by atoms with Crippen molar-refractivity contribution in [3.8, 4) is 5.75 Å². The van der Waals surface area contributed by atoms with E-state index in [9.17, 15) is 8.42 Å². The molecule has 0 aliphatic heterocycles. The van der Waals surface area contributed by atoms with E-state index in [0.29, 0.717) is 11.6 Å². The van der Waals surface area contributed by atoms with Crippen LogP contribution in [0.5, 0.6) is 5.75 Å². The SMILES string of the molecule is CCCC(COc1c(C)cc(Cl)cc1C)CS(=O)(=O)Cl. The Morgan fingerprint density at radius 1 is 1.25 bits per heavy atom. The summed E-state index contributed by atoms with van der Waals surface area (Å²) in [5.41, 5.74) is 1.89. The first-order chi connectivity index (χ1) is 9.23. The Kier molecular flexibility index (Phi) is 6.62. The number of ether oxygens (including phenoxy) is 1. The standard InChI is InChI=1S/C14H20Cl2O3S/c1-4-5-12(9-20(16,17)18)8-19-14-10(2)6-13(15)7-11(14)3/h6-7,12H,4-5,8-9H2,1-3H3. The second kappa shape index (κ2) is 7.53. The Morgan fingerprint density at radius 3 is 2.25 bits per heavy atom. The van der Waals surface area contributed by atoms with E-state index in [1.165, 1.54) is 0 Å². The summed E-state index contributed by atoms with van der Waals surface area (Å²) in [5, 5.41) is 0.667.